The van der Waals surface area contributed by atoms with Gasteiger partial charge in [-0.15, -0.1) is 0 Å². The second-order valence-corrected chi connectivity index (χ2v) is 4.00. The molecule has 1 N–H and O–H groups in total. The summed E-state index contributed by atoms with van der Waals surface area (Å²) in [7, 11) is 0. The fourth-order valence-corrected chi connectivity index (χ4v) is 2.08. The minimum absolute atomic E-state index is 0.244. The number of imidazole rings is 1. The molecule has 0 radical (unpaired) electrons. The van der Waals surface area contributed by atoms with Crippen molar-refractivity contribution in [1.82, 2.24) is 14.5 Å². The van der Waals surface area contributed by atoms with Gasteiger partial charge in [0.25, 0.3) is 0 Å². The molecule has 84 valence electrons. The van der Waals surface area contributed by atoms with E-state index in [0.29, 0.717) is 21.9 Å². The standard InChI is InChI=1S/C12H8ClN3O/c13-8-4-3-5-9-11(8)16(12(17)15-9)10-6-1-2-7-14-10/h1-7H,(H,15,17). The number of hydrogen-bond acceptors (Lipinski definition) is 2. The predicted molar refractivity (Wildman–Crippen MR) is 66.7 cm³/mol. The third-order valence-corrected chi connectivity index (χ3v) is 2.84. The number of nitrogens with zero attached hydrogens (tertiary/aromatic N) is 2. The summed E-state index contributed by atoms with van der Waals surface area (Å²) >= 11 is 6.12. The fourth-order valence-electron chi connectivity index (χ4n) is 1.82. The molecule has 5 heteroatoms. The largest absolute Gasteiger partial charge is 0.332 e. The van der Waals surface area contributed by atoms with Crippen LogP contribution in [0.4, 0.5) is 0 Å². The predicted octanol–water partition coefficient (Wildman–Crippen LogP) is 2.37. The zero-order chi connectivity index (χ0) is 11.8. The van der Waals surface area contributed by atoms with Gasteiger partial charge < -0.3 is 4.98 Å². The Morgan fingerprint density at radius 3 is 2.82 bits per heavy atom. The molecule has 0 amide bonds. The number of pyridine rings is 1. The van der Waals surface area contributed by atoms with Crippen LogP contribution in [0.15, 0.2) is 47.4 Å². The van der Waals surface area contributed by atoms with Gasteiger partial charge in [0.1, 0.15) is 5.82 Å². The zero-order valence-corrected chi connectivity index (χ0v) is 9.48. The van der Waals surface area contributed by atoms with E-state index in [2.05, 4.69) is 9.97 Å². The summed E-state index contributed by atoms with van der Waals surface area (Å²) in [5.74, 6) is 0.553. The van der Waals surface area contributed by atoms with E-state index in [9.17, 15) is 4.79 Å². The molecule has 0 atom stereocenters. The second kappa shape index (κ2) is 3.75. The van der Waals surface area contributed by atoms with Crippen molar-refractivity contribution < 1.29 is 0 Å². The normalized spacial score (nSPS) is 10.9. The third-order valence-electron chi connectivity index (χ3n) is 2.53. The summed E-state index contributed by atoms with van der Waals surface area (Å²) in [6.07, 6.45) is 1.64. The molecule has 3 aromatic rings. The molecule has 4 nitrogen and oxygen atoms in total. The Labute approximate surface area is 101 Å². The lowest BCUT2D eigenvalue weighted by Gasteiger charge is -2.02. The average Bonchev–Trinajstić information content (AvgIpc) is 2.68. The molecule has 0 fully saturated rings. The smallest absolute Gasteiger partial charge is 0.305 e. The van der Waals surface area contributed by atoms with Gasteiger partial charge in [-0.05, 0) is 24.3 Å². The van der Waals surface area contributed by atoms with Gasteiger partial charge in [-0.25, -0.2) is 14.3 Å². The first-order valence-corrected chi connectivity index (χ1v) is 5.46. The molecule has 0 unspecified atom stereocenters. The van der Waals surface area contributed by atoms with Crippen LogP contribution < -0.4 is 5.69 Å². The van der Waals surface area contributed by atoms with Gasteiger partial charge in [-0.1, -0.05) is 23.7 Å². The summed E-state index contributed by atoms with van der Waals surface area (Å²) in [6.45, 7) is 0. The molecule has 0 aliphatic rings. The highest BCUT2D eigenvalue weighted by molar-refractivity contribution is 6.35. The molecule has 17 heavy (non-hydrogen) atoms. The number of benzene rings is 1. The molecule has 2 aromatic heterocycles. The number of fused-ring (bicyclic) bond motifs is 1. The van der Waals surface area contributed by atoms with E-state index in [1.54, 1.807) is 30.5 Å². The van der Waals surface area contributed by atoms with Crippen LogP contribution in [0.5, 0.6) is 0 Å². The van der Waals surface area contributed by atoms with E-state index in [1.807, 2.05) is 12.1 Å². The molecule has 1 aromatic carbocycles. The number of hydrogen-bond donors (Lipinski definition) is 1. The van der Waals surface area contributed by atoms with E-state index in [1.165, 1.54) is 4.57 Å². The maximum atomic E-state index is 11.9. The Morgan fingerprint density at radius 1 is 1.18 bits per heavy atom. The van der Waals surface area contributed by atoms with Crippen LogP contribution in [0, 0.1) is 0 Å². The van der Waals surface area contributed by atoms with Crippen molar-refractivity contribution >= 4 is 22.6 Å². The molecule has 0 saturated heterocycles. The van der Waals surface area contributed by atoms with Crippen molar-refractivity contribution in [2.75, 3.05) is 0 Å². The van der Waals surface area contributed by atoms with Gasteiger partial charge in [0.15, 0.2) is 0 Å². The van der Waals surface area contributed by atoms with Crippen molar-refractivity contribution in [2.24, 2.45) is 0 Å². The van der Waals surface area contributed by atoms with Crippen molar-refractivity contribution in [3.63, 3.8) is 0 Å². The minimum atomic E-state index is -0.244. The average molecular weight is 246 g/mol. The van der Waals surface area contributed by atoms with E-state index in [0.717, 1.165) is 0 Å². The van der Waals surface area contributed by atoms with Gasteiger partial charge in [-0.3, -0.25) is 0 Å². The quantitative estimate of drug-likeness (QED) is 0.716. The van der Waals surface area contributed by atoms with E-state index in [4.69, 9.17) is 11.6 Å². The lowest BCUT2D eigenvalue weighted by molar-refractivity contribution is 0.966. The number of nitrogens with one attached hydrogen (secondary N) is 1. The monoisotopic (exact) mass is 245 g/mol. The Bertz CT molecular complexity index is 730. The summed E-state index contributed by atoms with van der Waals surface area (Å²) in [5.41, 5.74) is 1.11. The van der Waals surface area contributed by atoms with Crippen LogP contribution in [0.3, 0.4) is 0 Å². The minimum Gasteiger partial charge on any atom is -0.305 e. The van der Waals surface area contributed by atoms with E-state index < -0.39 is 0 Å². The van der Waals surface area contributed by atoms with Crippen LogP contribution in [-0.4, -0.2) is 14.5 Å². The first-order valence-electron chi connectivity index (χ1n) is 5.08. The summed E-state index contributed by atoms with van der Waals surface area (Å²) < 4.78 is 1.47. The topological polar surface area (TPSA) is 50.7 Å². The molecule has 0 saturated carbocycles. The van der Waals surface area contributed by atoms with Crippen LogP contribution in [0.2, 0.25) is 5.02 Å². The SMILES string of the molecule is O=c1[nH]c2cccc(Cl)c2n1-c1ccccn1. The molecule has 0 spiro atoms. The molecular weight excluding hydrogens is 238 g/mol. The van der Waals surface area contributed by atoms with Gasteiger partial charge in [0.05, 0.1) is 16.1 Å². The first-order chi connectivity index (χ1) is 8.27. The van der Waals surface area contributed by atoms with Gasteiger partial charge in [0.2, 0.25) is 0 Å². The van der Waals surface area contributed by atoms with Crippen molar-refractivity contribution in [1.29, 1.82) is 0 Å². The number of H-pyrrole nitrogens is 1. The summed E-state index contributed by atoms with van der Waals surface area (Å²) in [4.78, 5) is 18.8. The molecule has 0 bridgehead atoms. The molecule has 3 rings (SSSR count). The van der Waals surface area contributed by atoms with Gasteiger partial charge in [0, 0.05) is 6.20 Å². The Kier molecular flexibility index (Phi) is 2.23. The van der Waals surface area contributed by atoms with Gasteiger partial charge >= 0.3 is 5.69 Å². The molecule has 0 aliphatic heterocycles. The van der Waals surface area contributed by atoms with Gasteiger partial charge in [-0.2, -0.15) is 0 Å². The van der Waals surface area contributed by atoms with Crippen LogP contribution in [-0.2, 0) is 0 Å². The van der Waals surface area contributed by atoms with Crippen molar-refractivity contribution in [2.45, 2.75) is 0 Å². The number of rotatable bonds is 1. The molecule has 2 heterocycles. The van der Waals surface area contributed by atoms with E-state index in [-0.39, 0.29) is 5.69 Å². The van der Waals surface area contributed by atoms with Crippen molar-refractivity contribution in [3.8, 4) is 5.82 Å². The third kappa shape index (κ3) is 1.54. The molecular formula is C12H8ClN3O. The highest BCUT2D eigenvalue weighted by Crippen LogP contribution is 2.22. The van der Waals surface area contributed by atoms with Crippen LogP contribution >= 0.6 is 11.6 Å². The highest BCUT2D eigenvalue weighted by atomic mass is 35.5. The molecule has 0 aliphatic carbocycles. The highest BCUT2D eigenvalue weighted by Gasteiger charge is 2.11. The maximum absolute atomic E-state index is 11.9. The van der Waals surface area contributed by atoms with Crippen LogP contribution in [0.25, 0.3) is 16.9 Å². The lowest BCUT2D eigenvalue weighted by atomic mass is 10.3. The Hall–Kier alpha value is -2.07. The van der Waals surface area contributed by atoms with Crippen molar-refractivity contribution in [3.05, 3.63) is 58.1 Å². The zero-order valence-electron chi connectivity index (χ0n) is 8.72. The Morgan fingerprint density at radius 2 is 2.06 bits per heavy atom. The number of aromatic nitrogens is 3. The number of halogens is 1. The lowest BCUT2D eigenvalue weighted by Crippen LogP contribution is -2.15. The fraction of sp³-hybridized carbons (Fsp3) is 0. The number of aromatic amines is 1. The van der Waals surface area contributed by atoms with E-state index >= 15 is 0 Å². The first kappa shape index (κ1) is 10.1. The van der Waals surface area contributed by atoms with Crippen LogP contribution in [0.1, 0.15) is 0 Å². The Balaban J connectivity index is 2.45. The maximum Gasteiger partial charge on any atom is 0.332 e. The summed E-state index contributed by atoms with van der Waals surface area (Å²) in [5, 5.41) is 0.520. The summed E-state index contributed by atoms with van der Waals surface area (Å²) in [6, 6.07) is 10.7. The number of para-hydroxylation sites is 1. The second-order valence-electron chi connectivity index (χ2n) is 3.59.